The lowest BCUT2D eigenvalue weighted by molar-refractivity contribution is 0.318. The molecule has 0 aliphatic carbocycles. The normalized spacial score (nSPS) is 11.6. The van der Waals surface area contributed by atoms with E-state index in [-0.39, 0.29) is 0 Å². The number of ether oxygens (including phenoxy) is 1. The molecule has 1 N–H and O–H groups in total. The van der Waals surface area contributed by atoms with Gasteiger partial charge < -0.3 is 4.74 Å². The molecule has 1 heterocycles. The summed E-state index contributed by atoms with van der Waals surface area (Å²) < 4.78 is 7.68. The largest absolute Gasteiger partial charge is 0.490 e. The van der Waals surface area contributed by atoms with Crippen LogP contribution in [0.5, 0.6) is 5.75 Å². The van der Waals surface area contributed by atoms with Crippen molar-refractivity contribution in [2.24, 2.45) is 5.10 Å². The molecule has 0 aliphatic heterocycles. The molecule has 2 rings (SSSR count). The molecular formula is C17H22Cl2N4OS. The van der Waals surface area contributed by atoms with Crippen molar-refractivity contribution < 1.29 is 4.74 Å². The van der Waals surface area contributed by atoms with Gasteiger partial charge in [0, 0.05) is 5.92 Å². The number of nitrogens with one attached hydrogen (secondary N) is 1. The zero-order valence-electron chi connectivity index (χ0n) is 14.6. The molecule has 1 aromatic heterocycles. The molecule has 0 unspecified atom stereocenters. The van der Waals surface area contributed by atoms with E-state index in [1.807, 2.05) is 6.92 Å². The van der Waals surface area contributed by atoms with E-state index in [4.69, 9.17) is 40.2 Å². The Balaban J connectivity index is 2.31. The second-order valence-electron chi connectivity index (χ2n) is 5.62. The highest BCUT2D eigenvalue weighted by Gasteiger charge is 2.15. The van der Waals surface area contributed by atoms with Gasteiger partial charge in [0.2, 0.25) is 4.77 Å². The highest BCUT2D eigenvalue weighted by molar-refractivity contribution is 7.71. The minimum Gasteiger partial charge on any atom is -0.490 e. The van der Waals surface area contributed by atoms with Gasteiger partial charge in [-0.25, -0.2) is 0 Å². The monoisotopic (exact) mass is 400 g/mol. The summed E-state index contributed by atoms with van der Waals surface area (Å²) in [6.07, 6.45) is 4.48. The van der Waals surface area contributed by atoms with Crippen molar-refractivity contribution in [3.05, 3.63) is 38.3 Å². The lowest BCUT2D eigenvalue weighted by atomic mass is 10.0. The summed E-state index contributed by atoms with van der Waals surface area (Å²) in [5.41, 5.74) is 0.762. The number of aromatic amines is 1. The van der Waals surface area contributed by atoms with Gasteiger partial charge in [0.05, 0.1) is 22.9 Å². The van der Waals surface area contributed by atoms with Crippen LogP contribution in [0.2, 0.25) is 10.0 Å². The van der Waals surface area contributed by atoms with Gasteiger partial charge in [0.1, 0.15) is 0 Å². The maximum Gasteiger partial charge on any atom is 0.216 e. The predicted octanol–water partition coefficient (Wildman–Crippen LogP) is 5.82. The molecule has 0 aliphatic rings. The highest BCUT2D eigenvalue weighted by Crippen LogP contribution is 2.34. The van der Waals surface area contributed by atoms with Crippen molar-refractivity contribution in [3.8, 4) is 5.75 Å². The molecular weight excluding hydrogens is 379 g/mol. The number of aromatic nitrogens is 3. The molecule has 2 aromatic rings. The summed E-state index contributed by atoms with van der Waals surface area (Å²) in [5.74, 6) is 1.62. The first-order valence-electron chi connectivity index (χ1n) is 8.35. The third-order valence-corrected chi connectivity index (χ3v) is 4.65. The molecule has 5 nitrogen and oxygen atoms in total. The lowest BCUT2D eigenvalue weighted by Crippen LogP contribution is -2.05. The maximum absolute atomic E-state index is 6.27. The quantitative estimate of drug-likeness (QED) is 0.448. The second-order valence-corrected chi connectivity index (χ2v) is 6.82. The highest BCUT2D eigenvalue weighted by atomic mass is 35.5. The summed E-state index contributed by atoms with van der Waals surface area (Å²) in [6, 6.07) is 3.53. The first kappa shape index (κ1) is 19.9. The first-order valence-corrected chi connectivity index (χ1v) is 9.51. The molecule has 25 heavy (non-hydrogen) atoms. The SMILES string of the molecule is CCCOc1c(Cl)cc(/C=N\n2c(C(CC)CC)n[nH]c2=S)cc1Cl. The predicted molar refractivity (Wildman–Crippen MR) is 106 cm³/mol. The molecule has 136 valence electrons. The Labute approximate surface area is 163 Å². The van der Waals surface area contributed by atoms with E-state index in [9.17, 15) is 0 Å². The van der Waals surface area contributed by atoms with Crippen LogP contribution in [0.15, 0.2) is 17.2 Å². The first-order chi connectivity index (χ1) is 12.0. The summed E-state index contributed by atoms with van der Waals surface area (Å²) in [4.78, 5) is 0. The van der Waals surface area contributed by atoms with Crippen molar-refractivity contribution in [2.75, 3.05) is 6.61 Å². The lowest BCUT2D eigenvalue weighted by Gasteiger charge is -2.11. The van der Waals surface area contributed by atoms with Crippen LogP contribution >= 0.6 is 35.4 Å². The van der Waals surface area contributed by atoms with E-state index in [1.54, 1.807) is 23.0 Å². The van der Waals surface area contributed by atoms with Crippen LogP contribution in [0, 0.1) is 4.77 Å². The van der Waals surface area contributed by atoms with Crippen molar-refractivity contribution in [1.29, 1.82) is 0 Å². The van der Waals surface area contributed by atoms with Crippen LogP contribution < -0.4 is 4.74 Å². The van der Waals surface area contributed by atoms with Crippen molar-refractivity contribution in [1.82, 2.24) is 14.9 Å². The molecule has 0 fully saturated rings. The Morgan fingerprint density at radius 2 is 1.92 bits per heavy atom. The zero-order valence-corrected chi connectivity index (χ0v) is 16.9. The third kappa shape index (κ3) is 4.84. The van der Waals surface area contributed by atoms with Crippen LogP contribution in [0.4, 0.5) is 0 Å². The van der Waals surface area contributed by atoms with Gasteiger partial charge >= 0.3 is 0 Å². The van der Waals surface area contributed by atoms with Gasteiger partial charge in [-0.2, -0.15) is 14.9 Å². The van der Waals surface area contributed by atoms with E-state index in [1.165, 1.54) is 0 Å². The van der Waals surface area contributed by atoms with E-state index < -0.39 is 0 Å². The zero-order chi connectivity index (χ0) is 18.4. The van der Waals surface area contributed by atoms with E-state index in [2.05, 4.69) is 29.1 Å². The van der Waals surface area contributed by atoms with Crippen LogP contribution in [-0.4, -0.2) is 27.7 Å². The number of benzene rings is 1. The summed E-state index contributed by atoms with van der Waals surface area (Å²) >= 11 is 17.8. The number of hydrogen-bond acceptors (Lipinski definition) is 4. The molecule has 0 bridgehead atoms. The number of hydrogen-bond donors (Lipinski definition) is 1. The molecule has 0 radical (unpaired) electrons. The minimum absolute atomic E-state index is 0.294. The molecule has 0 amide bonds. The molecule has 8 heteroatoms. The van der Waals surface area contributed by atoms with Crippen molar-refractivity contribution in [3.63, 3.8) is 0 Å². The summed E-state index contributed by atoms with van der Waals surface area (Å²) in [7, 11) is 0. The van der Waals surface area contributed by atoms with Gasteiger partial charge in [0.15, 0.2) is 11.6 Å². The topological polar surface area (TPSA) is 55.2 Å². The van der Waals surface area contributed by atoms with E-state index in [0.717, 1.165) is 30.7 Å². The molecule has 0 spiro atoms. The van der Waals surface area contributed by atoms with Crippen LogP contribution in [0.25, 0.3) is 0 Å². The number of H-pyrrole nitrogens is 1. The van der Waals surface area contributed by atoms with Gasteiger partial charge in [-0.3, -0.25) is 5.10 Å². The smallest absolute Gasteiger partial charge is 0.216 e. The van der Waals surface area contributed by atoms with Gasteiger partial charge in [0.25, 0.3) is 0 Å². The fraction of sp³-hybridized carbons (Fsp3) is 0.471. The Morgan fingerprint density at radius 3 is 2.48 bits per heavy atom. The average molecular weight is 401 g/mol. The number of halogens is 2. The fourth-order valence-electron chi connectivity index (χ4n) is 2.45. The number of rotatable bonds is 8. The van der Waals surface area contributed by atoms with Gasteiger partial charge in [-0.15, -0.1) is 0 Å². The molecule has 0 saturated carbocycles. The third-order valence-electron chi connectivity index (χ3n) is 3.82. The minimum atomic E-state index is 0.294. The van der Waals surface area contributed by atoms with Crippen molar-refractivity contribution >= 4 is 41.6 Å². The van der Waals surface area contributed by atoms with E-state index >= 15 is 0 Å². The molecule has 0 atom stereocenters. The number of nitrogens with zero attached hydrogens (tertiary/aromatic N) is 3. The Hall–Kier alpha value is -1.37. The Bertz CT molecular complexity index is 773. The maximum atomic E-state index is 6.27. The summed E-state index contributed by atoms with van der Waals surface area (Å²) in [5, 5.41) is 12.5. The molecule has 0 saturated heterocycles. The molecule has 1 aromatic carbocycles. The van der Waals surface area contributed by atoms with Crippen LogP contribution in [0.1, 0.15) is 57.3 Å². The Morgan fingerprint density at radius 1 is 1.28 bits per heavy atom. The fourth-order valence-corrected chi connectivity index (χ4v) is 3.25. The van der Waals surface area contributed by atoms with Crippen molar-refractivity contribution in [2.45, 2.75) is 46.0 Å². The van der Waals surface area contributed by atoms with Crippen LogP contribution in [-0.2, 0) is 0 Å². The van der Waals surface area contributed by atoms with Crippen LogP contribution in [0.3, 0.4) is 0 Å². The average Bonchev–Trinajstić information content (AvgIpc) is 2.94. The van der Waals surface area contributed by atoms with Gasteiger partial charge in [-0.05, 0) is 49.2 Å². The van der Waals surface area contributed by atoms with E-state index in [0.29, 0.717) is 33.1 Å². The van der Waals surface area contributed by atoms with Gasteiger partial charge in [-0.1, -0.05) is 44.0 Å². The standard InChI is InChI=1S/C17H22Cl2N4OS/c1-4-7-24-15-13(18)8-11(9-14(15)19)10-20-23-16(12(5-2)6-3)21-22-17(23)25/h8-10,12H,4-7H2,1-3H3,(H,22,25)/b20-10-. The Kier molecular flexibility index (Phi) is 7.47. The summed E-state index contributed by atoms with van der Waals surface area (Å²) in [6.45, 7) is 6.83. The second kappa shape index (κ2) is 9.36.